The third-order valence-electron chi connectivity index (χ3n) is 3.90. The van der Waals surface area contributed by atoms with Crippen LogP contribution in [-0.2, 0) is 20.7 Å². The lowest BCUT2D eigenvalue weighted by atomic mass is 10.1. The molecule has 0 saturated heterocycles. The van der Waals surface area contributed by atoms with Gasteiger partial charge in [-0.05, 0) is 30.5 Å². The normalized spacial score (nSPS) is 11.7. The molecule has 0 fully saturated rings. The third kappa shape index (κ3) is 6.20. The topological polar surface area (TPSA) is 76.1 Å². The number of methoxy groups -OCH3 is 1. The predicted octanol–water partition coefficient (Wildman–Crippen LogP) is 1.79. The van der Waals surface area contributed by atoms with Crippen LogP contribution in [0.4, 0.5) is 0 Å². The van der Waals surface area contributed by atoms with Gasteiger partial charge < -0.3 is 19.5 Å². The molecule has 1 unspecified atom stereocenters. The van der Waals surface area contributed by atoms with Crippen molar-refractivity contribution in [2.75, 3.05) is 26.9 Å². The van der Waals surface area contributed by atoms with Gasteiger partial charge in [0.05, 0.1) is 26.2 Å². The number of amides is 1. The first-order valence-corrected chi connectivity index (χ1v) is 8.24. The maximum absolute atomic E-state index is 12.5. The Hall–Kier alpha value is -2.08. The van der Waals surface area contributed by atoms with Gasteiger partial charge in [-0.3, -0.25) is 9.59 Å². The van der Waals surface area contributed by atoms with Crippen molar-refractivity contribution in [3.05, 3.63) is 29.8 Å². The fraction of sp³-hybridized carbons (Fsp3) is 0.556. The number of hydrogen-bond donors (Lipinski definition) is 1. The van der Waals surface area contributed by atoms with Gasteiger partial charge in [-0.25, -0.2) is 0 Å². The molecule has 0 aliphatic heterocycles. The molecule has 1 aromatic rings. The van der Waals surface area contributed by atoms with Gasteiger partial charge in [0.15, 0.2) is 6.61 Å². The maximum Gasteiger partial charge on any atom is 0.307 e. The summed E-state index contributed by atoms with van der Waals surface area (Å²) in [4.78, 5) is 25.3. The van der Waals surface area contributed by atoms with Crippen molar-refractivity contribution in [3.63, 3.8) is 0 Å². The molecule has 1 amide bonds. The lowest BCUT2D eigenvalue weighted by Crippen LogP contribution is -2.45. The Labute approximate surface area is 143 Å². The highest BCUT2D eigenvalue weighted by Crippen LogP contribution is 2.14. The van der Waals surface area contributed by atoms with E-state index < -0.39 is 5.97 Å². The number of aliphatic hydroxyl groups excluding tert-OH is 1. The summed E-state index contributed by atoms with van der Waals surface area (Å²) in [5.74, 6) is -0.0217. The average Bonchev–Trinajstić information content (AvgIpc) is 2.62. The van der Waals surface area contributed by atoms with Crippen LogP contribution in [-0.4, -0.2) is 54.8 Å². The monoisotopic (exact) mass is 337 g/mol. The summed E-state index contributed by atoms with van der Waals surface area (Å²) in [7, 11) is 1.31. The van der Waals surface area contributed by atoms with Crippen molar-refractivity contribution in [1.29, 1.82) is 0 Å². The molecule has 0 spiro atoms. The summed E-state index contributed by atoms with van der Waals surface area (Å²) in [6, 6.07) is 7.24. The highest BCUT2D eigenvalue weighted by molar-refractivity contribution is 5.79. The Morgan fingerprint density at radius 2 is 2.04 bits per heavy atom. The van der Waals surface area contributed by atoms with Gasteiger partial charge in [0.2, 0.25) is 0 Å². The zero-order chi connectivity index (χ0) is 17.9. The van der Waals surface area contributed by atoms with Gasteiger partial charge in [0.1, 0.15) is 5.75 Å². The molecule has 0 bridgehead atoms. The van der Waals surface area contributed by atoms with Crippen molar-refractivity contribution in [2.24, 2.45) is 0 Å². The second-order valence-corrected chi connectivity index (χ2v) is 5.45. The zero-order valence-corrected chi connectivity index (χ0v) is 14.7. The molecule has 1 atom stereocenters. The molecule has 0 aromatic heterocycles. The molecule has 0 radical (unpaired) electrons. The summed E-state index contributed by atoms with van der Waals surface area (Å²) < 4.78 is 10.2. The van der Waals surface area contributed by atoms with Crippen LogP contribution in [0.5, 0.6) is 5.75 Å². The van der Waals surface area contributed by atoms with Crippen molar-refractivity contribution in [1.82, 2.24) is 4.90 Å². The minimum atomic E-state index is -0.392. The molecular weight excluding hydrogens is 310 g/mol. The van der Waals surface area contributed by atoms with Crippen LogP contribution in [0.15, 0.2) is 24.3 Å². The van der Waals surface area contributed by atoms with Crippen LogP contribution in [0, 0.1) is 0 Å². The lowest BCUT2D eigenvalue weighted by Gasteiger charge is -2.29. The number of rotatable bonds is 10. The number of carbonyl (C=O) groups is 2. The van der Waals surface area contributed by atoms with Crippen molar-refractivity contribution in [2.45, 2.75) is 39.2 Å². The van der Waals surface area contributed by atoms with E-state index in [9.17, 15) is 14.7 Å². The molecule has 134 valence electrons. The van der Waals surface area contributed by atoms with E-state index in [1.54, 1.807) is 6.07 Å². The van der Waals surface area contributed by atoms with E-state index in [2.05, 4.69) is 4.74 Å². The highest BCUT2D eigenvalue weighted by atomic mass is 16.5. The van der Waals surface area contributed by atoms with Crippen molar-refractivity contribution in [3.8, 4) is 5.75 Å². The second-order valence-electron chi connectivity index (χ2n) is 5.45. The lowest BCUT2D eigenvalue weighted by molar-refractivity contribution is -0.143. The highest BCUT2D eigenvalue weighted by Gasteiger charge is 2.23. The average molecular weight is 337 g/mol. The van der Waals surface area contributed by atoms with Gasteiger partial charge in [-0.2, -0.15) is 0 Å². The summed E-state index contributed by atoms with van der Waals surface area (Å²) in [5.41, 5.74) is 1.13. The first-order chi connectivity index (χ1) is 11.5. The second kappa shape index (κ2) is 10.6. The molecule has 24 heavy (non-hydrogen) atoms. The number of hydrogen-bond acceptors (Lipinski definition) is 5. The number of benzene rings is 1. The van der Waals surface area contributed by atoms with E-state index in [-0.39, 0.29) is 38.1 Å². The SMILES string of the molecule is CCc1cccc(OCC(=O)N(CCC(=O)OC)C(CC)CO)c1. The smallest absolute Gasteiger partial charge is 0.307 e. The number of ether oxygens (including phenoxy) is 2. The van der Waals surface area contributed by atoms with E-state index in [1.807, 2.05) is 32.0 Å². The van der Waals surface area contributed by atoms with E-state index in [1.165, 1.54) is 12.0 Å². The maximum atomic E-state index is 12.5. The molecule has 1 N–H and O–H groups in total. The van der Waals surface area contributed by atoms with Crippen LogP contribution in [0.2, 0.25) is 0 Å². The van der Waals surface area contributed by atoms with E-state index >= 15 is 0 Å². The largest absolute Gasteiger partial charge is 0.484 e. The minimum absolute atomic E-state index is 0.0874. The number of esters is 1. The number of nitrogens with zero attached hydrogens (tertiary/aromatic N) is 1. The van der Waals surface area contributed by atoms with Crippen LogP contribution in [0.3, 0.4) is 0 Å². The van der Waals surface area contributed by atoms with Crippen molar-refractivity contribution < 1.29 is 24.2 Å². The van der Waals surface area contributed by atoms with Crippen LogP contribution < -0.4 is 4.74 Å². The fourth-order valence-electron chi connectivity index (χ4n) is 2.36. The molecule has 1 rings (SSSR count). The van der Waals surface area contributed by atoms with Gasteiger partial charge in [-0.1, -0.05) is 26.0 Å². The minimum Gasteiger partial charge on any atom is -0.484 e. The molecule has 0 heterocycles. The van der Waals surface area contributed by atoms with Gasteiger partial charge >= 0.3 is 5.97 Å². The predicted molar refractivity (Wildman–Crippen MR) is 90.8 cm³/mol. The Morgan fingerprint density at radius 3 is 2.62 bits per heavy atom. The first kappa shape index (κ1) is 20.0. The first-order valence-electron chi connectivity index (χ1n) is 8.24. The molecule has 6 heteroatoms. The van der Waals surface area contributed by atoms with Crippen LogP contribution in [0.25, 0.3) is 0 Å². The van der Waals surface area contributed by atoms with Gasteiger partial charge in [-0.15, -0.1) is 0 Å². The molecule has 0 aliphatic rings. The van der Waals surface area contributed by atoms with E-state index in [4.69, 9.17) is 4.74 Å². The molecular formula is C18H27NO5. The van der Waals surface area contributed by atoms with Gasteiger partial charge in [0.25, 0.3) is 5.91 Å². The number of carbonyl (C=O) groups excluding carboxylic acids is 2. The zero-order valence-electron chi connectivity index (χ0n) is 14.7. The van der Waals surface area contributed by atoms with Crippen LogP contribution in [0.1, 0.15) is 32.3 Å². The Kier molecular flexibility index (Phi) is 8.86. The number of aryl methyl sites for hydroxylation is 1. The third-order valence-corrected chi connectivity index (χ3v) is 3.90. The standard InChI is InChI=1S/C18H27NO5/c1-4-14-7-6-8-16(11-14)24-13-17(21)19(15(5-2)12-20)10-9-18(22)23-3/h6-8,11,15,20H,4-5,9-10,12-13H2,1-3H3. The molecule has 0 saturated carbocycles. The van der Waals surface area contributed by atoms with Gasteiger partial charge in [0, 0.05) is 6.54 Å². The summed E-state index contributed by atoms with van der Waals surface area (Å²) in [6.07, 6.45) is 1.57. The summed E-state index contributed by atoms with van der Waals surface area (Å²) in [6.45, 7) is 3.83. The van der Waals surface area contributed by atoms with E-state index in [0.29, 0.717) is 12.2 Å². The Balaban J connectivity index is 2.70. The Morgan fingerprint density at radius 1 is 1.29 bits per heavy atom. The van der Waals surface area contributed by atoms with Crippen LogP contribution >= 0.6 is 0 Å². The van der Waals surface area contributed by atoms with E-state index in [0.717, 1.165) is 12.0 Å². The van der Waals surface area contributed by atoms with Crippen molar-refractivity contribution >= 4 is 11.9 Å². The summed E-state index contributed by atoms with van der Waals surface area (Å²) >= 11 is 0. The number of aliphatic hydroxyl groups is 1. The fourth-order valence-corrected chi connectivity index (χ4v) is 2.36. The summed E-state index contributed by atoms with van der Waals surface area (Å²) in [5, 5.41) is 9.47. The molecule has 0 aliphatic carbocycles. The Bertz CT molecular complexity index is 528. The quantitative estimate of drug-likeness (QED) is 0.659. The molecule has 1 aromatic carbocycles. The molecule has 6 nitrogen and oxygen atoms in total.